The van der Waals surface area contributed by atoms with Gasteiger partial charge in [-0.1, -0.05) is 19.3 Å². The van der Waals surface area contributed by atoms with Crippen LogP contribution in [0, 0.1) is 0 Å². The van der Waals surface area contributed by atoms with E-state index in [-0.39, 0.29) is 0 Å². The van der Waals surface area contributed by atoms with Gasteiger partial charge in [0, 0.05) is 31.7 Å². The fourth-order valence-corrected chi connectivity index (χ4v) is 2.77. The highest BCUT2D eigenvalue weighted by Crippen LogP contribution is 2.23. The molecule has 0 unspecified atom stereocenters. The van der Waals surface area contributed by atoms with Gasteiger partial charge >= 0.3 is 0 Å². The molecule has 0 saturated heterocycles. The topological polar surface area (TPSA) is 47.1 Å². The molecule has 1 fully saturated rings. The Labute approximate surface area is 104 Å². The van der Waals surface area contributed by atoms with Crippen molar-refractivity contribution in [3.63, 3.8) is 0 Å². The zero-order valence-electron chi connectivity index (χ0n) is 11.0. The van der Waals surface area contributed by atoms with Crippen LogP contribution in [0.4, 0.5) is 0 Å². The first-order valence-corrected chi connectivity index (χ1v) is 6.62. The lowest BCUT2D eigenvalue weighted by Gasteiger charge is -2.31. The average molecular weight is 236 g/mol. The minimum atomic E-state index is 0.585. The van der Waals surface area contributed by atoms with Crippen molar-refractivity contribution in [3.8, 4) is 0 Å². The van der Waals surface area contributed by atoms with E-state index < -0.39 is 0 Å². The van der Waals surface area contributed by atoms with Gasteiger partial charge in [-0.15, -0.1) is 0 Å². The minimum Gasteiger partial charge on any atom is -0.326 e. The van der Waals surface area contributed by atoms with E-state index in [4.69, 9.17) is 5.73 Å². The Balaban J connectivity index is 2.01. The molecule has 4 heteroatoms. The molecule has 2 N–H and O–H groups in total. The summed E-state index contributed by atoms with van der Waals surface area (Å²) in [6, 6.07) is 0.740. The minimum absolute atomic E-state index is 0.585. The summed E-state index contributed by atoms with van der Waals surface area (Å²) < 4.78 is 1.96. The fourth-order valence-electron chi connectivity index (χ4n) is 2.77. The number of nitrogens with zero attached hydrogens (tertiary/aromatic N) is 3. The third-order valence-corrected chi connectivity index (χ3v) is 3.97. The lowest BCUT2D eigenvalue weighted by atomic mass is 9.94. The Morgan fingerprint density at radius 2 is 2.12 bits per heavy atom. The second-order valence-corrected chi connectivity index (χ2v) is 5.15. The molecule has 0 bridgehead atoms. The fraction of sp³-hybridized carbons (Fsp3) is 0.769. The Morgan fingerprint density at radius 1 is 1.41 bits per heavy atom. The van der Waals surface area contributed by atoms with Crippen LogP contribution in [0.2, 0.25) is 0 Å². The van der Waals surface area contributed by atoms with Crippen molar-refractivity contribution in [1.29, 1.82) is 0 Å². The predicted octanol–water partition coefficient (Wildman–Crippen LogP) is 1.64. The molecule has 0 spiro atoms. The summed E-state index contributed by atoms with van der Waals surface area (Å²) in [4.78, 5) is 2.47. The molecule has 1 aliphatic carbocycles. The van der Waals surface area contributed by atoms with E-state index in [1.54, 1.807) is 0 Å². The monoisotopic (exact) mass is 236 g/mol. The average Bonchev–Trinajstić information content (AvgIpc) is 2.71. The highest BCUT2D eigenvalue weighted by Gasteiger charge is 2.19. The molecule has 0 atom stereocenters. The maximum Gasteiger partial charge on any atom is 0.0565 e. The Hall–Kier alpha value is -0.870. The van der Waals surface area contributed by atoms with Gasteiger partial charge in [0.25, 0.3) is 0 Å². The number of hydrogen-bond donors (Lipinski definition) is 1. The van der Waals surface area contributed by atoms with Crippen molar-refractivity contribution >= 4 is 0 Å². The van der Waals surface area contributed by atoms with Crippen LogP contribution in [-0.2, 0) is 20.1 Å². The van der Waals surface area contributed by atoms with Gasteiger partial charge in [-0.2, -0.15) is 5.10 Å². The van der Waals surface area contributed by atoms with Crippen LogP contribution in [0.3, 0.4) is 0 Å². The molecule has 1 saturated carbocycles. The molecule has 17 heavy (non-hydrogen) atoms. The van der Waals surface area contributed by atoms with E-state index >= 15 is 0 Å². The molecule has 4 nitrogen and oxygen atoms in total. The SMILES string of the molecule is CN(Cc1c(CN)cnn1C)C1CCCCC1. The first-order valence-electron chi connectivity index (χ1n) is 6.62. The van der Waals surface area contributed by atoms with Crippen LogP contribution < -0.4 is 5.73 Å². The van der Waals surface area contributed by atoms with Crippen molar-refractivity contribution in [2.75, 3.05) is 7.05 Å². The van der Waals surface area contributed by atoms with Crippen LogP contribution in [-0.4, -0.2) is 27.8 Å². The number of hydrogen-bond acceptors (Lipinski definition) is 3. The van der Waals surface area contributed by atoms with Gasteiger partial charge in [0.2, 0.25) is 0 Å². The van der Waals surface area contributed by atoms with E-state index in [0.29, 0.717) is 6.54 Å². The number of rotatable bonds is 4. The highest BCUT2D eigenvalue weighted by atomic mass is 15.3. The van der Waals surface area contributed by atoms with E-state index in [0.717, 1.165) is 12.6 Å². The maximum absolute atomic E-state index is 5.75. The largest absolute Gasteiger partial charge is 0.326 e. The van der Waals surface area contributed by atoms with Gasteiger partial charge in [-0.3, -0.25) is 9.58 Å². The van der Waals surface area contributed by atoms with E-state index in [2.05, 4.69) is 17.0 Å². The normalized spacial score (nSPS) is 17.9. The third-order valence-electron chi connectivity index (χ3n) is 3.97. The molecule has 0 amide bonds. The van der Waals surface area contributed by atoms with Crippen LogP contribution >= 0.6 is 0 Å². The summed E-state index contributed by atoms with van der Waals surface area (Å²) in [5.74, 6) is 0. The van der Waals surface area contributed by atoms with Crippen molar-refractivity contribution in [3.05, 3.63) is 17.5 Å². The second-order valence-electron chi connectivity index (χ2n) is 5.15. The molecular formula is C13H24N4. The Bertz CT molecular complexity index is 352. The van der Waals surface area contributed by atoms with Crippen molar-refractivity contribution in [2.45, 2.75) is 51.2 Å². The summed E-state index contributed by atoms with van der Waals surface area (Å²) in [6.07, 6.45) is 8.74. The van der Waals surface area contributed by atoms with Crippen LogP contribution in [0.1, 0.15) is 43.4 Å². The summed E-state index contributed by atoms with van der Waals surface area (Å²) in [7, 11) is 4.23. The highest BCUT2D eigenvalue weighted by molar-refractivity contribution is 5.17. The Kier molecular flexibility index (Phi) is 4.18. The number of aromatic nitrogens is 2. The van der Waals surface area contributed by atoms with Crippen LogP contribution in [0.25, 0.3) is 0 Å². The van der Waals surface area contributed by atoms with Crippen molar-refractivity contribution < 1.29 is 0 Å². The van der Waals surface area contributed by atoms with Crippen molar-refractivity contribution in [2.24, 2.45) is 12.8 Å². The molecule has 0 aliphatic heterocycles. The van der Waals surface area contributed by atoms with E-state index in [1.807, 2.05) is 17.9 Å². The zero-order valence-corrected chi connectivity index (χ0v) is 11.0. The summed E-state index contributed by atoms with van der Waals surface area (Å²) >= 11 is 0. The van der Waals surface area contributed by atoms with Crippen LogP contribution in [0.5, 0.6) is 0 Å². The van der Waals surface area contributed by atoms with Crippen molar-refractivity contribution in [1.82, 2.24) is 14.7 Å². The van der Waals surface area contributed by atoms with Gasteiger partial charge in [-0.05, 0) is 19.9 Å². The van der Waals surface area contributed by atoms with Gasteiger partial charge in [0.1, 0.15) is 0 Å². The lowest BCUT2D eigenvalue weighted by Crippen LogP contribution is -2.33. The Morgan fingerprint density at radius 3 is 2.76 bits per heavy atom. The maximum atomic E-state index is 5.75. The van der Waals surface area contributed by atoms with Crippen LogP contribution in [0.15, 0.2) is 6.20 Å². The third kappa shape index (κ3) is 2.87. The predicted molar refractivity (Wildman–Crippen MR) is 69.4 cm³/mol. The zero-order chi connectivity index (χ0) is 12.3. The summed E-state index contributed by atoms with van der Waals surface area (Å²) in [5.41, 5.74) is 8.19. The molecule has 1 heterocycles. The summed E-state index contributed by atoms with van der Waals surface area (Å²) in [5, 5.41) is 4.30. The molecule has 0 radical (unpaired) electrons. The first kappa shape index (κ1) is 12.6. The van der Waals surface area contributed by atoms with Gasteiger partial charge < -0.3 is 5.73 Å². The molecule has 96 valence electrons. The van der Waals surface area contributed by atoms with Gasteiger partial charge in [0.15, 0.2) is 0 Å². The molecule has 2 rings (SSSR count). The van der Waals surface area contributed by atoms with Gasteiger partial charge in [-0.25, -0.2) is 0 Å². The second kappa shape index (κ2) is 5.65. The van der Waals surface area contributed by atoms with E-state index in [1.165, 1.54) is 43.4 Å². The standard InChI is InChI=1S/C13H24N4/c1-16(12-6-4-3-5-7-12)10-13-11(8-14)9-15-17(13)2/h9,12H,3-8,10,14H2,1-2H3. The molecular weight excluding hydrogens is 212 g/mol. The number of nitrogens with two attached hydrogens (primary N) is 1. The summed E-state index contributed by atoms with van der Waals surface area (Å²) in [6.45, 7) is 1.55. The molecule has 1 aromatic rings. The molecule has 1 aromatic heterocycles. The number of aryl methyl sites for hydroxylation is 1. The van der Waals surface area contributed by atoms with Gasteiger partial charge in [0.05, 0.1) is 11.9 Å². The quantitative estimate of drug-likeness (QED) is 0.864. The molecule has 1 aliphatic rings. The smallest absolute Gasteiger partial charge is 0.0565 e. The molecule has 0 aromatic carbocycles. The van der Waals surface area contributed by atoms with E-state index in [9.17, 15) is 0 Å². The lowest BCUT2D eigenvalue weighted by molar-refractivity contribution is 0.180. The first-order chi connectivity index (χ1) is 8.22.